The lowest BCUT2D eigenvalue weighted by atomic mass is 9.98. The summed E-state index contributed by atoms with van der Waals surface area (Å²) in [5.74, 6) is 0. The van der Waals surface area contributed by atoms with Crippen LogP contribution in [0, 0.1) is 11.3 Å². The molecule has 0 fully saturated rings. The first kappa shape index (κ1) is 17.5. The van der Waals surface area contributed by atoms with Crippen LogP contribution in [0.25, 0.3) is 11.1 Å². The summed E-state index contributed by atoms with van der Waals surface area (Å²) >= 11 is 3.49. The topological polar surface area (TPSA) is 70.6 Å². The van der Waals surface area contributed by atoms with Gasteiger partial charge in [-0.15, -0.1) is 0 Å². The zero-order chi connectivity index (χ0) is 18.2. The van der Waals surface area contributed by atoms with Gasteiger partial charge in [-0.25, -0.2) is 9.31 Å². The maximum absolute atomic E-state index is 12.2. The summed E-state index contributed by atoms with van der Waals surface area (Å²) in [4.78, 5) is 13.9. The van der Waals surface area contributed by atoms with E-state index in [2.05, 4.69) is 27.1 Å². The number of hydrogen-bond donors (Lipinski definition) is 0. The van der Waals surface area contributed by atoms with Crippen molar-refractivity contribution in [3.63, 3.8) is 0 Å². The second kappa shape index (κ2) is 6.52. The lowest BCUT2D eigenvalue weighted by Crippen LogP contribution is -2.39. The highest BCUT2D eigenvalue weighted by Gasteiger charge is 2.25. The van der Waals surface area contributed by atoms with E-state index >= 15 is 0 Å². The van der Waals surface area contributed by atoms with E-state index in [0.29, 0.717) is 25.1 Å². The van der Waals surface area contributed by atoms with Gasteiger partial charge in [-0.2, -0.15) is 10.4 Å². The molecule has 0 unspecified atom stereocenters. The highest BCUT2D eigenvalue weighted by Crippen LogP contribution is 2.30. The molecule has 0 bridgehead atoms. The first-order valence-corrected chi connectivity index (χ1v) is 8.82. The zero-order valence-corrected chi connectivity index (χ0v) is 16.0. The molecule has 1 amide bonds. The monoisotopic (exact) mass is 402 g/mol. The van der Waals surface area contributed by atoms with Gasteiger partial charge in [0, 0.05) is 29.3 Å². The van der Waals surface area contributed by atoms with E-state index in [1.807, 2.05) is 39.1 Å². The predicted octanol–water partition coefficient (Wildman–Crippen LogP) is 3.99. The summed E-state index contributed by atoms with van der Waals surface area (Å²) in [5.41, 5.74) is 2.90. The molecule has 0 aliphatic carbocycles. The van der Waals surface area contributed by atoms with E-state index in [4.69, 9.17) is 4.74 Å². The van der Waals surface area contributed by atoms with Gasteiger partial charge < -0.3 is 9.64 Å². The van der Waals surface area contributed by atoms with Gasteiger partial charge in [0.2, 0.25) is 0 Å². The number of ether oxygens (including phenoxy) is 1. The average Bonchev–Trinajstić information content (AvgIpc) is 2.95. The van der Waals surface area contributed by atoms with Crippen molar-refractivity contribution in [1.82, 2.24) is 14.5 Å². The minimum atomic E-state index is -0.503. The van der Waals surface area contributed by atoms with Crippen LogP contribution in [0.15, 0.2) is 29.0 Å². The molecule has 0 aromatic carbocycles. The van der Waals surface area contributed by atoms with Crippen molar-refractivity contribution in [3.05, 3.63) is 40.1 Å². The third-order valence-corrected chi connectivity index (χ3v) is 4.34. The van der Waals surface area contributed by atoms with Gasteiger partial charge in [-0.05, 0) is 54.8 Å². The Morgan fingerprint density at radius 2 is 2.20 bits per heavy atom. The number of amides is 1. The van der Waals surface area contributed by atoms with Crippen LogP contribution < -0.4 is 0 Å². The first-order valence-electron chi connectivity index (χ1n) is 8.03. The van der Waals surface area contributed by atoms with Crippen LogP contribution in [0.3, 0.4) is 0 Å². The maximum atomic E-state index is 12.2. The Balaban J connectivity index is 1.90. The standard InChI is InChI=1S/C18H19BrN4O2/c1-18(2,3)25-17(24)22-6-4-12(5-7-22)15-8-14(19)11-23-16(15)13(9-20)10-21-23/h4,8,10-11H,5-7H2,1-3H3. The fourth-order valence-corrected chi connectivity index (χ4v) is 3.24. The van der Waals surface area contributed by atoms with Crippen LogP contribution in [0.2, 0.25) is 0 Å². The number of hydrogen-bond acceptors (Lipinski definition) is 4. The molecule has 3 heterocycles. The molecule has 130 valence electrons. The van der Waals surface area contributed by atoms with Crippen LogP contribution in [0.5, 0.6) is 0 Å². The quantitative estimate of drug-likeness (QED) is 0.722. The molecule has 1 aliphatic heterocycles. The number of carbonyl (C=O) groups excluding carboxylic acids is 1. The molecule has 0 saturated heterocycles. The summed E-state index contributed by atoms with van der Waals surface area (Å²) in [5, 5.41) is 13.6. The number of rotatable bonds is 1. The molecule has 3 rings (SSSR count). The molecule has 6 nitrogen and oxygen atoms in total. The maximum Gasteiger partial charge on any atom is 0.410 e. The first-order chi connectivity index (χ1) is 11.8. The van der Waals surface area contributed by atoms with Crippen molar-refractivity contribution in [2.24, 2.45) is 0 Å². The van der Waals surface area contributed by atoms with Gasteiger partial charge in [-0.3, -0.25) is 0 Å². The third kappa shape index (κ3) is 3.69. The number of aromatic nitrogens is 2. The molecule has 2 aromatic heterocycles. The largest absolute Gasteiger partial charge is 0.444 e. The number of fused-ring (bicyclic) bond motifs is 1. The fourth-order valence-electron chi connectivity index (χ4n) is 2.82. The molecule has 0 radical (unpaired) electrons. The van der Waals surface area contributed by atoms with Crippen molar-refractivity contribution in [1.29, 1.82) is 5.26 Å². The molecule has 0 spiro atoms. The summed E-state index contributed by atoms with van der Waals surface area (Å²) in [6.45, 7) is 6.64. The molecule has 2 aromatic rings. The van der Waals surface area contributed by atoms with Crippen molar-refractivity contribution in [2.45, 2.75) is 32.8 Å². The van der Waals surface area contributed by atoms with Gasteiger partial charge in [0.15, 0.2) is 0 Å². The SMILES string of the molecule is CC(C)(C)OC(=O)N1CC=C(c2cc(Br)cn3ncc(C#N)c23)CC1. The van der Waals surface area contributed by atoms with Crippen molar-refractivity contribution >= 4 is 33.1 Å². The van der Waals surface area contributed by atoms with Gasteiger partial charge >= 0.3 is 6.09 Å². The number of nitriles is 1. The van der Waals surface area contributed by atoms with Gasteiger partial charge in [0.05, 0.1) is 17.3 Å². The van der Waals surface area contributed by atoms with Gasteiger partial charge in [0.25, 0.3) is 0 Å². The lowest BCUT2D eigenvalue weighted by molar-refractivity contribution is 0.0270. The Kier molecular flexibility index (Phi) is 4.56. The summed E-state index contributed by atoms with van der Waals surface area (Å²) in [6, 6.07) is 4.18. The van der Waals surface area contributed by atoms with Gasteiger partial charge in [0.1, 0.15) is 11.7 Å². The van der Waals surface area contributed by atoms with Crippen LogP contribution in [-0.4, -0.2) is 39.3 Å². The van der Waals surface area contributed by atoms with Crippen molar-refractivity contribution in [3.8, 4) is 6.07 Å². The van der Waals surface area contributed by atoms with Crippen LogP contribution in [0.1, 0.15) is 38.3 Å². The summed E-state index contributed by atoms with van der Waals surface area (Å²) in [7, 11) is 0. The minimum absolute atomic E-state index is 0.302. The van der Waals surface area contributed by atoms with E-state index in [0.717, 1.165) is 21.1 Å². The normalized spacial score (nSPS) is 15.0. The van der Waals surface area contributed by atoms with Gasteiger partial charge in [-0.1, -0.05) is 6.08 Å². The highest BCUT2D eigenvalue weighted by atomic mass is 79.9. The Morgan fingerprint density at radius 1 is 1.44 bits per heavy atom. The minimum Gasteiger partial charge on any atom is -0.444 e. The number of pyridine rings is 1. The van der Waals surface area contributed by atoms with Crippen molar-refractivity contribution < 1.29 is 9.53 Å². The summed E-state index contributed by atoms with van der Waals surface area (Å²) in [6.07, 6.45) is 5.81. The smallest absolute Gasteiger partial charge is 0.410 e. The Hall–Kier alpha value is -2.33. The molecular formula is C18H19BrN4O2. The highest BCUT2D eigenvalue weighted by molar-refractivity contribution is 9.10. The second-order valence-electron chi connectivity index (χ2n) is 6.94. The van der Waals surface area contributed by atoms with Crippen LogP contribution >= 0.6 is 15.9 Å². The molecule has 7 heteroatoms. The van der Waals surface area contributed by atoms with E-state index in [-0.39, 0.29) is 6.09 Å². The second-order valence-corrected chi connectivity index (χ2v) is 7.86. The Bertz CT molecular complexity index is 902. The van der Waals surface area contributed by atoms with Crippen LogP contribution in [-0.2, 0) is 4.74 Å². The van der Waals surface area contributed by atoms with E-state index in [9.17, 15) is 10.1 Å². The molecule has 0 N–H and O–H groups in total. The predicted molar refractivity (Wildman–Crippen MR) is 98.0 cm³/mol. The number of halogens is 1. The molecular weight excluding hydrogens is 384 g/mol. The van der Waals surface area contributed by atoms with Crippen LogP contribution in [0.4, 0.5) is 4.79 Å². The third-order valence-electron chi connectivity index (χ3n) is 3.91. The Morgan fingerprint density at radius 3 is 2.80 bits per heavy atom. The number of nitrogens with zero attached hydrogens (tertiary/aromatic N) is 4. The van der Waals surface area contributed by atoms with E-state index in [1.54, 1.807) is 15.6 Å². The lowest BCUT2D eigenvalue weighted by Gasteiger charge is -2.29. The van der Waals surface area contributed by atoms with Crippen molar-refractivity contribution in [2.75, 3.05) is 13.1 Å². The molecule has 0 saturated carbocycles. The zero-order valence-electron chi connectivity index (χ0n) is 14.4. The molecule has 0 atom stereocenters. The molecule has 25 heavy (non-hydrogen) atoms. The van der Waals surface area contributed by atoms with E-state index < -0.39 is 5.60 Å². The average molecular weight is 403 g/mol. The van der Waals surface area contributed by atoms with E-state index in [1.165, 1.54) is 0 Å². The molecule has 1 aliphatic rings. The summed E-state index contributed by atoms with van der Waals surface area (Å²) < 4.78 is 8.02. The fraction of sp³-hybridized carbons (Fsp3) is 0.389. The Labute approximate surface area is 154 Å². The number of carbonyl (C=O) groups is 1.